The second-order valence-electron chi connectivity index (χ2n) is 3.83. The number of nitrogens with zero attached hydrogens (tertiary/aromatic N) is 1. The average Bonchev–Trinajstić information content (AvgIpc) is 2.31. The van der Waals surface area contributed by atoms with E-state index in [9.17, 15) is 0 Å². The second-order valence-corrected chi connectivity index (χ2v) is 3.83. The van der Waals surface area contributed by atoms with Crippen LogP contribution in [-0.4, -0.2) is 11.6 Å². The number of benzene rings is 1. The van der Waals surface area contributed by atoms with E-state index in [0.29, 0.717) is 6.61 Å². The largest absolute Gasteiger partial charge is 0.489 e. The molecule has 0 aliphatic heterocycles. The third kappa shape index (κ3) is 1.78. The van der Waals surface area contributed by atoms with Gasteiger partial charge in [-0.15, -0.1) is 0 Å². The zero-order valence-electron chi connectivity index (χ0n) is 9.66. The highest BCUT2D eigenvalue weighted by Gasteiger charge is 2.07. The van der Waals surface area contributed by atoms with E-state index in [4.69, 9.17) is 4.74 Å². The van der Waals surface area contributed by atoms with Crippen LogP contribution in [0.5, 0.6) is 5.75 Å². The van der Waals surface area contributed by atoms with Crippen LogP contribution in [0.2, 0.25) is 0 Å². The molecule has 0 bridgehead atoms. The first-order valence-corrected chi connectivity index (χ1v) is 5.32. The minimum Gasteiger partial charge on any atom is -0.489 e. The van der Waals surface area contributed by atoms with Crippen molar-refractivity contribution >= 4 is 10.9 Å². The molecule has 0 fully saturated rings. The molecule has 2 heteroatoms. The molecular formula is C14H15NO. The Morgan fingerprint density at radius 2 is 2.00 bits per heavy atom. The smallest absolute Gasteiger partial charge is 0.130 e. The summed E-state index contributed by atoms with van der Waals surface area (Å²) in [6, 6.07) is 6.08. The van der Waals surface area contributed by atoms with Gasteiger partial charge < -0.3 is 4.74 Å². The summed E-state index contributed by atoms with van der Waals surface area (Å²) in [6.45, 7) is 8.31. The Labute approximate surface area is 95.6 Å². The van der Waals surface area contributed by atoms with Gasteiger partial charge in [-0.3, -0.25) is 4.98 Å². The number of fused-ring (bicyclic) bond motifs is 1. The summed E-state index contributed by atoms with van der Waals surface area (Å²) in [4.78, 5) is 4.40. The second kappa shape index (κ2) is 4.35. The lowest BCUT2D eigenvalue weighted by atomic mass is 10.1. The standard InChI is InChI=1S/C14H15NO/c1-4-9-16-12-7-8-15-14-11(3)6-5-10(2)13(12)14/h4-8H,1,9H2,2-3H3. The SMILES string of the molecule is C=CCOc1ccnc2c(C)ccc(C)c12. The van der Waals surface area contributed by atoms with Crippen molar-refractivity contribution in [1.82, 2.24) is 4.98 Å². The number of hydrogen-bond donors (Lipinski definition) is 0. The summed E-state index contributed by atoms with van der Waals surface area (Å²) in [5, 5.41) is 1.10. The van der Waals surface area contributed by atoms with E-state index in [0.717, 1.165) is 16.7 Å². The molecule has 0 radical (unpaired) electrons. The molecule has 2 rings (SSSR count). The Kier molecular flexibility index (Phi) is 2.91. The number of ether oxygens (including phenoxy) is 1. The lowest BCUT2D eigenvalue weighted by Crippen LogP contribution is -1.96. The Balaban J connectivity index is 2.65. The molecule has 0 unspecified atom stereocenters. The van der Waals surface area contributed by atoms with Gasteiger partial charge in [0.25, 0.3) is 0 Å². The molecule has 0 saturated carbocycles. The van der Waals surface area contributed by atoms with E-state index in [1.54, 1.807) is 12.3 Å². The maximum Gasteiger partial charge on any atom is 0.130 e. The maximum atomic E-state index is 5.65. The molecule has 0 spiro atoms. The van der Waals surface area contributed by atoms with Crippen molar-refractivity contribution in [3.05, 3.63) is 48.2 Å². The zero-order chi connectivity index (χ0) is 11.5. The lowest BCUT2D eigenvalue weighted by Gasteiger charge is -2.10. The minimum atomic E-state index is 0.520. The van der Waals surface area contributed by atoms with Crippen LogP contribution in [0.25, 0.3) is 10.9 Å². The Morgan fingerprint density at radius 1 is 1.25 bits per heavy atom. The maximum absolute atomic E-state index is 5.65. The van der Waals surface area contributed by atoms with Gasteiger partial charge in [0.15, 0.2) is 0 Å². The molecular weight excluding hydrogens is 198 g/mol. The first kappa shape index (κ1) is 10.7. The highest BCUT2D eigenvalue weighted by atomic mass is 16.5. The highest BCUT2D eigenvalue weighted by Crippen LogP contribution is 2.29. The van der Waals surface area contributed by atoms with Crippen molar-refractivity contribution in [2.75, 3.05) is 6.61 Å². The molecule has 1 heterocycles. The fourth-order valence-corrected chi connectivity index (χ4v) is 1.81. The summed E-state index contributed by atoms with van der Waals surface area (Å²) in [6.07, 6.45) is 3.53. The fourth-order valence-electron chi connectivity index (χ4n) is 1.81. The Hall–Kier alpha value is -1.83. The molecule has 2 aromatic rings. The van der Waals surface area contributed by atoms with Gasteiger partial charge in [0.05, 0.1) is 5.52 Å². The number of hydrogen-bond acceptors (Lipinski definition) is 2. The third-order valence-electron chi connectivity index (χ3n) is 2.62. The average molecular weight is 213 g/mol. The number of aromatic nitrogens is 1. The van der Waals surface area contributed by atoms with E-state index < -0.39 is 0 Å². The number of rotatable bonds is 3. The van der Waals surface area contributed by atoms with Crippen molar-refractivity contribution in [2.24, 2.45) is 0 Å². The van der Waals surface area contributed by atoms with Gasteiger partial charge in [-0.05, 0) is 31.0 Å². The summed E-state index contributed by atoms with van der Waals surface area (Å²) >= 11 is 0. The summed E-state index contributed by atoms with van der Waals surface area (Å²) in [5.41, 5.74) is 3.37. The van der Waals surface area contributed by atoms with E-state index >= 15 is 0 Å². The van der Waals surface area contributed by atoms with Crippen molar-refractivity contribution < 1.29 is 4.74 Å². The van der Waals surface area contributed by atoms with Gasteiger partial charge in [0.1, 0.15) is 12.4 Å². The summed E-state index contributed by atoms with van der Waals surface area (Å²) < 4.78 is 5.65. The molecule has 0 saturated heterocycles. The normalized spacial score (nSPS) is 10.4. The van der Waals surface area contributed by atoms with E-state index in [1.807, 2.05) is 6.07 Å². The summed E-state index contributed by atoms with van der Waals surface area (Å²) in [7, 11) is 0. The van der Waals surface area contributed by atoms with Crippen LogP contribution in [0, 0.1) is 13.8 Å². The molecule has 0 aliphatic rings. The monoisotopic (exact) mass is 213 g/mol. The van der Waals surface area contributed by atoms with Gasteiger partial charge in [0, 0.05) is 11.6 Å². The number of aryl methyl sites for hydroxylation is 2. The highest BCUT2D eigenvalue weighted by molar-refractivity contribution is 5.90. The fraction of sp³-hybridized carbons (Fsp3) is 0.214. The van der Waals surface area contributed by atoms with Crippen LogP contribution < -0.4 is 4.74 Å². The molecule has 1 aromatic heterocycles. The first-order chi connectivity index (χ1) is 7.74. The van der Waals surface area contributed by atoms with Crippen LogP contribution >= 0.6 is 0 Å². The van der Waals surface area contributed by atoms with Gasteiger partial charge in [0.2, 0.25) is 0 Å². The van der Waals surface area contributed by atoms with Crippen LogP contribution in [0.3, 0.4) is 0 Å². The van der Waals surface area contributed by atoms with Gasteiger partial charge in [-0.2, -0.15) is 0 Å². The summed E-state index contributed by atoms with van der Waals surface area (Å²) in [5.74, 6) is 0.881. The van der Waals surface area contributed by atoms with E-state index in [2.05, 4.69) is 37.5 Å². The van der Waals surface area contributed by atoms with Crippen molar-refractivity contribution in [2.45, 2.75) is 13.8 Å². The molecule has 16 heavy (non-hydrogen) atoms. The van der Waals surface area contributed by atoms with Crippen molar-refractivity contribution in [1.29, 1.82) is 0 Å². The molecule has 2 nitrogen and oxygen atoms in total. The Morgan fingerprint density at radius 3 is 2.75 bits per heavy atom. The van der Waals surface area contributed by atoms with Gasteiger partial charge in [-0.25, -0.2) is 0 Å². The minimum absolute atomic E-state index is 0.520. The third-order valence-corrected chi connectivity index (χ3v) is 2.62. The van der Waals surface area contributed by atoms with Gasteiger partial charge in [-0.1, -0.05) is 24.8 Å². The lowest BCUT2D eigenvalue weighted by molar-refractivity contribution is 0.367. The first-order valence-electron chi connectivity index (χ1n) is 5.32. The predicted molar refractivity (Wildman–Crippen MR) is 66.9 cm³/mol. The van der Waals surface area contributed by atoms with Crippen LogP contribution in [0.1, 0.15) is 11.1 Å². The van der Waals surface area contributed by atoms with Gasteiger partial charge >= 0.3 is 0 Å². The molecule has 0 N–H and O–H groups in total. The molecule has 1 aromatic carbocycles. The Bertz CT molecular complexity index is 531. The molecule has 0 amide bonds. The topological polar surface area (TPSA) is 22.1 Å². The molecule has 0 atom stereocenters. The van der Waals surface area contributed by atoms with Crippen molar-refractivity contribution in [3.8, 4) is 5.75 Å². The van der Waals surface area contributed by atoms with Crippen LogP contribution in [0.15, 0.2) is 37.1 Å². The quantitative estimate of drug-likeness (QED) is 0.729. The number of pyridine rings is 1. The van der Waals surface area contributed by atoms with Crippen LogP contribution in [-0.2, 0) is 0 Å². The van der Waals surface area contributed by atoms with E-state index in [1.165, 1.54) is 11.1 Å². The van der Waals surface area contributed by atoms with Crippen LogP contribution in [0.4, 0.5) is 0 Å². The predicted octanol–water partition coefficient (Wildman–Crippen LogP) is 3.42. The van der Waals surface area contributed by atoms with E-state index in [-0.39, 0.29) is 0 Å². The molecule has 0 aliphatic carbocycles. The molecule has 82 valence electrons. The van der Waals surface area contributed by atoms with Crippen molar-refractivity contribution in [3.63, 3.8) is 0 Å². The zero-order valence-corrected chi connectivity index (χ0v) is 9.66.